The molecule has 0 fully saturated rings. The molecule has 1 heterocycles. The number of anilines is 2. The first-order valence-electron chi connectivity index (χ1n) is 6.27. The van der Waals surface area contributed by atoms with Gasteiger partial charge in [0, 0.05) is 25.4 Å². The maximum atomic E-state index is 12.2. The molecule has 5 nitrogen and oxygen atoms in total. The number of benzene rings is 1. The van der Waals surface area contributed by atoms with Crippen LogP contribution in [0.4, 0.5) is 11.5 Å². The van der Waals surface area contributed by atoms with Crippen LogP contribution in [-0.2, 0) is 11.3 Å². The van der Waals surface area contributed by atoms with E-state index in [0.29, 0.717) is 18.1 Å². The second-order valence-electron chi connectivity index (χ2n) is 4.20. The minimum Gasteiger partial charge on any atom is -0.380 e. The summed E-state index contributed by atoms with van der Waals surface area (Å²) in [5, 5.41) is 5.76. The van der Waals surface area contributed by atoms with Gasteiger partial charge in [-0.1, -0.05) is 24.3 Å². The molecule has 0 aliphatic rings. The van der Waals surface area contributed by atoms with Crippen LogP contribution in [-0.4, -0.2) is 25.0 Å². The highest BCUT2D eigenvalue weighted by Crippen LogP contribution is 2.17. The van der Waals surface area contributed by atoms with E-state index in [9.17, 15) is 4.79 Å². The van der Waals surface area contributed by atoms with Crippen LogP contribution >= 0.6 is 0 Å². The van der Waals surface area contributed by atoms with Crippen LogP contribution in [0.1, 0.15) is 16.1 Å². The molecule has 2 aromatic rings. The molecular formula is C15H17N3O2. The third-order valence-corrected chi connectivity index (χ3v) is 2.80. The van der Waals surface area contributed by atoms with Crippen LogP contribution in [0.2, 0.25) is 0 Å². The van der Waals surface area contributed by atoms with Crippen LogP contribution in [0.25, 0.3) is 0 Å². The predicted octanol–water partition coefficient (Wildman–Crippen LogP) is 2.52. The summed E-state index contributed by atoms with van der Waals surface area (Å²) in [5.74, 6) is 0.411. The van der Waals surface area contributed by atoms with E-state index in [0.717, 1.165) is 11.3 Å². The third-order valence-electron chi connectivity index (χ3n) is 2.80. The fourth-order valence-corrected chi connectivity index (χ4v) is 1.81. The minimum atomic E-state index is -0.245. The molecule has 2 rings (SSSR count). The van der Waals surface area contributed by atoms with Gasteiger partial charge in [0.25, 0.3) is 5.91 Å². The average Bonchev–Trinajstić information content (AvgIpc) is 2.49. The number of nitrogens with one attached hydrogen (secondary N) is 2. The van der Waals surface area contributed by atoms with Crippen molar-refractivity contribution < 1.29 is 9.53 Å². The molecular weight excluding hydrogens is 254 g/mol. The largest absolute Gasteiger partial charge is 0.380 e. The van der Waals surface area contributed by atoms with Gasteiger partial charge in [0.2, 0.25) is 0 Å². The number of hydrogen-bond acceptors (Lipinski definition) is 4. The van der Waals surface area contributed by atoms with Gasteiger partial charge < -0.3 is 15.4 Å². The zero-order valence-corrected chi connectivity index (χ0v) is 11.5. The number of carbonyl (C=O) groups is 1. The van der Waals surface area contributed by atoms with Crippen molar-refractivity contribution in [2.45, 2.75) is 6.61 Å². The smallest absolute Gasteiger partial charge is 0.274 e. The van der Waals surface area contributed by atoms with Crippen molar-refractivity contribution >= 4 is 17.4 Å². The number of rotatable bonds is 5. The minimum absolute atomic E-state index is 0.245. The summed E-state index contributed by atoms with van der Waals surface area (Å²) in [6.45, 7) is 0.445. The lowest BCUT2D eigenvalue weighted by molar-refractivity contribution is 0.102. The molecule has 0 saturated carbocycles. The number of methoxy groups -OCH3 is 1. The predicted molar refractivity (Wildman–Crippen MR) is 78.9 cm³/mol. The zero-order valence-electron chi connectivity index (χ0n) is 11.5. The van der Waals surface area contributed by atoms with Crippen LogP contribution in [0.15, 0.2) is 42.5 Å². The highest BCUT2D eigenvalue weighted by molar-refractivity contribution is 6.03. The molecule has 0 spiro atoms. The Morgan fingerprint density at radius 3 is 2.75 bits per heavy atom. The van der Waals surface area contributed by atoms with Gasteiger partial charge >= 0.3 is 0 Å². The number of carbonyl (C=O) groups excluding carboxylic acids is 1. The van der Waals surface area contributed by atoms with Gasteiger partial charge in [-0.2, -0.15) is 0 Å². The monoisotopic (exact) mass is 271 g/mol. The maximum Gasteiger partial charge on any atom is 0.274 e. The third kappa shape index (κ3) is 3.33. The molecule has 0 aliphatic carbocycles. The van der Waals surface area contributed by atoms with Crippen LogP contribution in [0.3, 0.4) is 0 Å². The van der Waals surface area contributed by atoms with Crippen LogP contribution < -0.4 is 10.6 Å². The molecule has 0 aliphatic heterocycles. The van der Waals surface area contributed by atoms with E-state index in [-0.39, 0.29) is 5.91 Å². The Balaban J connectivity index is 2.19. The summed E-state index contributed by atoms with van der Waals surface area (Å²) in [4.78, 5) is 16.4. The summed E-state index contributed by atoms with van der Waals surface area (Å²) in [5.41, 5.74) is 2.02. The normalized spacial score (nSPS) is 10.1. The first-order chi connectivity index (χ1) is 9.74. The lowest BCUT2D eigenvalue weighted by atomic mass is 10.2. The van der Waals surface area contributed by atoms with E-state index in [2.05, 4.69) is 15.6 Å². The topological polar surface area (TPSA) is 63.2 Å². The molecule has 0 bridgehead atoms. The van der Waals surface area contributed by atoms with Gasteiger partial charge in [-0.25, -0.2) is 4.98 Å². The Hall–Kier alpha value is -2.40. The first-order valence-corrected chi connectivity index (χ1v) is 6.27. The van der Waals surface area contributed by atoms with E-state index < -0.39 is 0 Å². The number of pyridine rings is 1. The second-order valence-corrected chi connectivity index (χ2v) is 4.20. The first kappa shape index (κ1) is 14.0. The Labute approximate surface area is 118 Å². The lowest BCUT2D eigenvalue weighted by Gasteiger charge is -2.10. The van der Waals surface area contributed by atoms with Crippen molar-refractivity contribution in [2.24, 2.45) is 0 Å². The van der Waals surface area contributed by atoms with E-state index in [4.69, 9.17) is 4.74 Å². The molecule has 0 radical (unpaired) electrons. The molecule has 20 heavy (non-hydrogen) atoms. The molecule has 1 amide bonds. The van der Waals surface area contributed by atoms with Crippen molar-refractivity contribution in [3.8, 4) is 0 Å². The van der Waals surface area contributed by atoms with Gasteiger partial charge in [0.1, 0.15) is 11.5 Å². The number of para-hydroxylation sites is 1. The zero-order chi connectivity index (χ0) is 14.4. The summed E-state index contributed by atoms with van der Waals surface area (Å²) >= 11 is 0. The molecule has 2 N–H and O–H groups in total. The number of ether oxygens (including phenoxy) is 1. The van der Waals surface area contributed by atoms with Crippen molar-refractivity contribution in [1.82, 2.24) is 4.98 Å². The molecule has 0 saturated heterocycles. The molecule has 0 atom stereocenters. The van der Waals surface area contributed by atoms with Gasteiger partial charge in [0.05, 0.1) is 6.61 Å². The van der Waals surface area contributed by atoms with Crippen molar-refractivity contribution in [2.75, 3.05) is 24.8 Å². The Kier molecular flexibility index (Phi) is 4.68. The standard InChI is InChI=1S/C15H17N3O2/c1-16-14-9-5-8-13(17-14)15(19)18-12-7-4-3-6-11(12)10-20-2/h3-9H,10H2,1-2H3,(H,16,17)(H,18,19). The highest BCUT2D eigenvalue weighted by Gasteiger charge is 2.10. The number of amides is 1. The molecule has 1 aromatic carbocycles. The van der Waals surface area contributed by atoms with Gasteiger partial charge in [0.15, 0.2) is 0 Å². The van der Waals surface area contributed by atoms with Gasteiger partial charge in [-0.3, -0.25) is 4.79 Å². The summed E-state index contributed by atoms with van der Waals surface area (Å²) in [7, 11) is 3.38. The number of aromatic nitrogens is 1. The Bertz CT molecular complexity index is 599. The quantitative estimate of drug-likeness (QED) is 0.877. The summed E-state index contributed by atoms with van der Waals surface area (Å²) < 4.78 is 5.12. The molecule has 104 valence electrons. The van der Waals surface area contributed by atoms with E-state index in [1.54, 1.807) is 32.4 Å². The Morgan fingerprint density at radius 1 is 1.20 bits per heavy atom. The van der Waals surface area contributed by atoms with Gasteiger partial charge in [-0.05, 0) is 18.2 Å². The highest BCUT2D eigenvalue weighted by atomic mass is 16.5. The number of nitrogens with zero attached hydrogens (tertiary/aromatic N) is 1. The lowest BCUT2D eigenvalue weighted by Crippen LogP contribution is -2.15. The average molecular weight is 271 g/mol. The number of hydrogen-bond donors (Lipinski definition) is 2. The SMILES string of the molecule is CNc1cccc(C(=O)Nc2ccccc2COC)n1. The maximum absolute atomic E-state index is 12.2. The van der Waals surface area contributed by atoms with Crippen LogP contribution in [0, 0.1) is 0 Å². The Morgan fingerprint density at radius 2 is 2.00 bits per heavy atom. The van der Waals surface area contributed by atoms with Gasteiger partial charge in [-0.15, -0.1) is 0 Å². The van der Waals surface area contributed by atoms with Crippen molar-refractivity contribution in [3.63, 3.8) is 0 Å². The van der Waals surface area contributed by atoms with E-state index >= 15 is 0 Å². The van der Waals surface area contributed by atoms with E-state index in [1.807, 2.05) is 24.3 Å². The molecule has 0 unspecified atom stereocenters. The molecule has 1 aromatic heterocycles. The summed E-state index contributed by atoms with van der Waals surface area (Å²) in [6, 6.07) is 12.8. The van der Waals surface area contributed by atoms with Crippen molar-refractivity contribution in [3.05, 3.63) is 53.7 Å². The fraction of sp³-hybridized carbons (Fsp3) is 0.200. The van der Waals surface area contributed by atoms with Crippen molar-refractivity contribution in [1.29, 1.82) is 0 Å². The summed E-state index contributed by atoms with van der Waals surface area (Å²) in [6.07, 6.45) is 0. The van der Waals surface area contributed by atoms with E-state index in [1.165, 1.54) is 0 Å². The molecule has 5 heteroatoms. The van der Waals surface area contributed by atoms with Crippen LogP contribution in [0.5, 0.6) is 0 Å². The second kappa shape index (κ2) is 6.68. The fourth-order valence-electron chi connectivity index (χ4n) is 1.81.